The van der Waals surface area contributed by atoms with Crippen LogP contribution in [0.1, 0.15) is 42.5 Å². The van der Waals surface area contributed by atoms with Crippen molar-refractivity contribution in [1.29, 1.82) is 0 Å². The molecule has 2 aromatic heterocycles. The van der Waals surface area contributed by atoms with E-state index in [0.717, 1.165) is 22.4 Å². The molecule has 5 rings (SSSR count). The largest absolute Gasteiger partial charge is 0.392 e. The van der Waals surface area contributed by atoms with E-state index in [1.807, 2.05) is 6.07 Å². The van der Waals surface area contributed by atoms with E-state index in [2.05, 4.69) is 32.0 Å². The summed E-state index contributed by atoms with van der Waals surface area (Å²) in [6.45, 7) is 2.11. The highest BCUT2D eigenvalue weighted by molar-refractivity contribution is 6.33. The molecule has 1 aliphatic heterocycles. The van der Waals surface area contributed by atoms with Gasteiger partial charge in [-0.15, -0.1) is 0 Å². The van der Waals surface area contributed by atoms with Crippen molar-refractivity contribution in [1.82, 2.24) is 14.5 Å². The van der Waals surface area contributed by atoms with Crippen LogP contribution >= 0.6 is 11.6 Å². The molecule has 10 heteroatoms. The van der Waals surface area contributed by atoms with Crippen LogP contribution in [0, 0.1) is 5.82 Å². The third-order valence-corrected chi connectivity index (χ3v) is 7.88. The molecule has 6 nitrogen and oxygen atoms in total. The molecule has 2 N–H and O–H groups in total. The van der Waals surface area contributed by atoms with E-state index >= 15 is 0 Å². The van der Waals surface area contributed by atoms with Gasteiger partial charge < -0.3 is 19.7 Å². The van der Waals surface area contributed by atoms with E-state index in [-0.39, 0.29) is 37.3 Å². The van der Waals surface area contributed by atoms with Gasteiger partial charge in [-0.25, -0.2) is 18.2 Å². The maximum atomic E-state index is 14.0. The summed E-state index contributed by atoms with van der Waals surface area (Å²) in [5.74, 6) is -2.29. The molecule has 3 heterocycles. The van der Waals surface area contributed by atoms with Gasteiger partial charge in [-0.1, -0.05) is 17.7 Å². The van der Waals surface area contributed by atoms with Gasteiger partial charge >= 0.3 is 0 Å². The van der Waals surface area contributed by atoms with Gasteiger partial charge in [-0.3, -0.25) is 4.90 Å². The van der Waals surface area contributed by atoms with Crippen molar-refractivity contribution < 1.29 is 23.0 Å². The summed E-state index contributed by atoms with van der Waals surface area (Å²) in [5, 5.41) is 13.6. The van der Waals surface area contributed by atoms with Crippen molar-refractivity contribution in [3.05, 3.63) is 70.4 Å². The Labute approximate surface area is 225 Å². The molecule has 1 aliphatic carbocycles. The standard InChI is InChI=1S/C28H32ClF3N4O2/c1-38-17-24-15-35-13-20(9-23(35)14-36(24)12-19-8-21(30)3-2-18(19)16-37)25-10-27(33-11-26(25)29)34-22-4-6-28(31,32)7-5-22/h2-3,8-11,13,22,24,37H,4-7,12,14-17H2,1H3,(H,33,34)/t24-/m1/s1. The molecule has 1 atom stereocenters. The fourth-order valence-electron chi connectivity index (χ4n) is 5.47. The smallest absolute Gasteiger partial charge is 0.248 e. The molecule has 0 amide bonds. The monoisotopic (exact) mass is 548 g/mol. The highest BCUT2D eigenvalue weighted by Crippen LogP contribution is 2.36. The lowest BCUT2D eigenvalue weighted by molar-refractivity contribution is -0.0361. The number of anilines is 1. The van der Waals surface area contributed by atoms with Gasteiger partial charge in [0.25, 0.3) is 0 Å². The quantitative estimate of drug-likeness (QED) is 0.369. The minimum Gasteiger partial charge on any atom is -0.392 e. The molecule has 0 unspecified atom stereocenters. The first-order valence-corrected chi connectivity index (χ1v) is 13.2. The number of rotatable bonds is 8. The fraction of sp³-hybridized carbons (Fsp3) is 0.464. The van der Waals surface area contributed by atoms with Crippen molar-refractivity contribution in [3.63, 3.8) is 0 Å². The number of aromatic nitrogens is 2. The third-order valence-electron chi connectivity index (χ3n) is 7.58. The number of nitrogens with one attached hydrogen (secondary N) is 1. The average Bonchev–Trinajstić information content (AvgIpc) is 3.29. The molecule has 2 aliphatic rings. The van der Waals surface area contributed by atoms with Crippen LogP contribution in [0.2, 0.25) is 5.02 Å². The second-order valence-corrected chi connectivity index (χ2v) is 10.7. The molecule has 3 aromatic rings. The summed E-state index contributed by atoms with van der Waals surface area (Å²) >= 11 is 6.55. The van der Waals surface area contributed by atoms with Gasteiger partial charge in [0.1, 0.15) is 11.6 Å². The van der Waals surface area contributed by atoms with E-state index in [0.29, 0.717) is 55.5 Å². The molecule has 204 valence electrons. The average molecular weight is 549 g/mol. The maximum Gasteiger partial charge on any atom is 0.248 e. The summed E-state index contributed by atoms with van der Waals surface area (Å²) in [6, 6.07) is 8.43. The Kier molecular flexibility index (Phi) is 8.00. The Hall–Kier alpha value is -2.59. The Bertz CT molecular complexity index is 1270. The summed E-state index contributed by atoms with van der Waals surface area (Å²) in [7, 11) is 1.66. The Morgan fingerprint density at radius 2 is 1.97 bits per heavy atom. The predicted molar refractivity (Wildman–Crippen MR) is 141 cm³/mol. The van der Waals surface area contributed by atoms with E-state index in [1.165, 1.54) is 12.1 Å². The van der Waals surface area contributed by atoms with Gasteiger partial charge in [0.2, 0.25) is 5.92 Å². The molecular weight excluding hydrogens is 517 g/mol. The zero-order valence-electron chi connectivity index (χ0n) is 21.3. The Morgan fingerprint density at radius 3 is 2.71 bits per heavy atom. The molecule has 0 spiro atoms. The number of benzene rings is 1. The van der Waals surface area contributed by atoms with Crippen molar-refractivity contribution in [2.75, 3.05) is 19.0 Å². The number of ether oxygens (including phenoxy) is 1. The Morgan fingerprint density at radius 1 is 1.18 bits per heavy atom. The number of methoxy groups -OCH3 is 1. The van der Waals surface area contributed by atoms with Crippen LogP contribution in [0.25, 0.3) is 11.1 Å². The normalized spacial score (nSPS) is 19.9. The number of halogens is 4. The topological polar surface area (TPSA) is 62.5 Å². The first-order chi connectivity index (χ1) is 18.2. The second-order valence-electron chi connectivity index (χ2n) is 10.3. The fourth-order valence-corrected chi connectivity index (χ4v) is 5.68. The van der Waals surface area contributed by atoms with Crippen LogP contribution in [0.3, 0.4) is 0 Å². The zero-order valence-corrected chi connectivity index (χ0v) is 22.0. The molecule has 0 saturated heterocycles. The minimum absolute atomic E-state index is 0.0478. The lowest BCUT2D eigenvalue weighted by Crippen LogP contribution is -2.44. The van der Waals surface area contributed by atoms with E-state index in [4.69, 9.17) is 16.3 Å². The zero-order chi connectivity index (χ0) is 26.9. The second kappa shape index (κ2) is 11.3. The minimum atomic E-state index is -2.58. The third kappa shape index (κ3) is 6.01. The number of hydrogen-bond donors (Lipinski definition) is 2. The summed E-state index contributed by atoms with van der Waals surface area (Å²) < 4.78 is 48.7. The lowest BCUT2D eigenvalue weighted by Gasteiger charge is -2.36. The first kappa shape index (κ1) is 27.0. The highest BCUT2D eigenvalue weighted by Gasteiger charge is 2.35. The molecule has 1 fully saturated rings. The summed E-state index contributed by atoms with van der Waals surface area (Å²) in [6.07, 6.45) is 4.20. The Balaban J connectivity index is 1.37. The van der Waals surface area contributed by atoms with Gasteiger partial charge in [0.05, 0.1) is 24.3 Å². The number of pyridine rings is 1. The van der Waals surface area contributed by atoms with E-state index < -0.39 is 5.92 Å². The SMILES string of the molecule is COC[C@H]1Cn2cc(-c3cc(NC4CCC(F)(F)CC4)ncc3Cl)cc2CN1Cc1cc(F)ccc1CO. The van der Waals surface area contributed by atoms with Gasteiger partial charge in [-0.2, -0.15) is 0 Å². The van der Waals surface area contributed by atoms with Crippen molar-refractivity contribution in [3.8, 4) is 11.1 Å². The summed E-state index contributed by atoms with van der Waals surface area (Å²) in [4.78, 5) is 6.61. The van der Waals surface area contributed by atoms with Gasteiger partial charge in [0.15, 0.2) is 0 Å². The number of alkyl halides is 2. The van der Waals surface area contributed by atoms with Crippen LogP contribution in [-0.4, -0.2) is 51.3 Å². The molecular formula is C28H32ClF3N4O2. The number of fused-ring (bicyclic) bond motifs is 1. The molecule has 0 bridgehead atoms. The number of hydrogen-bond acceptors (Lipinski definition) is 5. The van der Waals surface area contributed by atoms with E-state index in [9.17, 15) is 18.3 Å². The number of aliphatic hydroxyl groups is 1. The molecule has 1 saturated carbocycles. The molecule has 38 heavy (non-hydrogen) atoms. The van der Waals surface area contributed by atoms with Crippen molar-refractivity contribution in [2.24, 2.45) is 0 Å². The molecule has 1 aromatic carbocycles. The highest BCUT2D eigenvalue weighted by atomic mass is 35.5. The van der Waals surface area contributed by atoms with E-state index in [1.54, 1.807) is 19.4 Å². The predicted octanol–water partition coefficient (Wildman–Crippen LogP) is 5.86. The number of aliphatic hydroxyl groups excluding tert-OH is 1. The number of nitrogens with zero attached hydrogens (tertiary/aromatic N) is 3. The van der Waals surface area contributed by atoms with Crippen LogP contribution in [0.5, 0.6) is 0 Å². The lowest BCUT2D eigenvalue weighted by atomic mass is 9.92. The maximum absolute atomic E-state index is 14.0. The van der Waals surface area contributed by atoms with Crippen LogP contribution in [0.15, 0.2) is 42.7 Å². The van der Waals surface area contributed by atoms with Crippen molar-refractivity contribution in [2.45, 2.75) is 69.9 Å². The summed E-state index contributed by atoms with van der Waals surface area (Å²) in [5.41, 5.74) is 4.28. The van der Waals surface area contributed by atoms with Gasteiger partial charge in [-0.05, 0) is 48.2 Å². The first-order valence-electron chi connectivity index (χ1n) is 12.8. The van der Waals surface area contributed by atoms with Crippen LogP contribution in [0.4, 0.5) is 19.0 Å². The molecule has 0 radical (unpaired) electrons. The van der Waals surface area contributed by atoms with Crippen LogP contribution in [-0.2, 0) is 31.0 Å². The van der Waals surface area contributed by atoms with Crippen molar-refractivity contribution >= 4 is 17.4 Å². The van der Waals surface area contributed by atoms with Gasteiger partial charge in [0, 0.05) is 74.8 Å². The van der Waals surface area contributed by atoms with Crippen LogP contribution < -0.4 is 5.32 Å².